The standard InChI is InChI=1S/C13H23N3O2/c1-2-11-5-3-4-8-16(11)12(17)9-14-13(18)15-10-6-7-10/h10-11H,2-9H2,1H3,(H2,14,15,18). The normalized spacial score (nSPS) is 23.6. The molecule has 5 heteroatoms. The summed E-state index contributed by atoms with van der Waals surface area (Å²) in [6.45, 7) is 3.07. The van der Waals surface area contributed by atoms with Crippen molar-refractivity contribution in [3.8, 4) is 0 Å². The van der Waals surface area contributed by atoms with Crippen molar-refractivity contribution >= 4 is 11.9 Å². The molecule has 1 saturated carbocycles. The van der Waals surface area contributed by atoms with Crippen LogP contribution in [0.4, 0.5) is 4.79 Å². The summed E-state index contributed by atoms with van der Waals surface area (Å²) in [5.41, 5.74) is 0. The van der Waals surface area contributed by atoms with Crippen molar-refractivity contribution in [2.45, 2.75) is 57.5 Å². The van der Waals surface area contributed by atoms with Crippen LogP contribution in [0.5, 0.6) is 0 Å². The van der Waals surface area contributed by atoms with Crippen LogP contribution in [0.25, 0.3) is 0 Å². The Bertz CT molecular complexity index is 315. The van der Waals surface area contributed by atoms with Crippen LogP contribution >= 0.6 is 0 Å². The minimum Gasteiger partial charge on any atom is -0.338 e. The molecule has 0 aromatic carbocycles. The number of urea groups is 1. The summed E-state index contributed by atoms with van der Waals surface area (Å²) in [7, 11) is 0. The molecule has 1 aliphatic carbocycles. The number of hydrogen-bond acceptors (Lipinski definition) is 2. The van der Waals surface area contributed by atoms with E-state index in [0.29, 0.717) is 12.1 Å². The first-order valence-electron chi connectivity index (χ1n) is 7.04. The quantitative estimate of drug-likeness (QED) is 0.792. The highest BCUT2D eigenvalue weighted by atomic mass is 16.2. The molecule has 2 N–H and O–H groups in total. The summed E-state index contributed by atoms with van der Waals surface area (Å²) in [6, 6.07) is 0.480. The molecular formula is C13H23N3O2. The average Bonchev–Trinajstić information content (AvgIpc) is 3.19. The van der Waals surface area contributed by atoms with Gasteiger partial charge in [0.25, 0.3) is 0 Å². The molecule has 102 valence electrons. The topological polar surface area (TPSA) is 61.4 Å². The van der Waals surface area contributed by atoms with Gasteiger partial charge in [0.2, 0.25) is 5.91 Å². The van der Waals surface area contributed by atoms with Crippen molar-refractivity contribution in [3.63, 3.8) is 0 Å². The lowest BCUT2D eigenvalue weighted by atomic mass is 10.00. The Balaban J connectivity index is 1.73. The number of piperidine rings is 1. The smallest absolute Gasteiger partial charge is 0.315 e. The summed E-state index contributed by atoms with van der Waals surface area (Å²) in [6.07, 6.45) is 6.50. The maximum absolute atomic E-state index is 12.1. The monoisotopic (exact) mass is 253 g/mol. The fourth-order valence-corrected chi connectivity index (χ4v) is 2.47. The number of likely N-dealkylation sites (tertiary alicyclic amines) is 1. The van der Waals surface area contributed by atoms with Crippen LogP contribution in [0.3, 0.4) is 0 Å². The average molecular weight is 253 g/mol. The first-order valence-corrected chi connectivity index (χ1v) is 7.04. The van der Waals surface area contributed by atoms with Gasteiger partial charge in [-0.3, -0.25) is 4.79 Å². The highest BCUT2D eigenvalue weighted by molar-refractivity contribution is 5.84. The lowest BCUT2D eigenvalue weighted by molar-refractivity contribution is -0.133. The fraction of sp³-hybridized carbons (Fsp3) is 0.846. The van der Waals surface area contributed by atoms with Gasteiger partial charge >= 0.3 is 6.03 Å². The third-order valence-corrected chi connectivity index (χ3v) is 3.73. The van der Waals surface area contributed by atoms with Crippen molar-refractivity contribution in [3.05, 3.63) is 0 Å². The molecule has 2 rings (SSSR count). The summed E-state index contributed by atoms with van der Waals surface area (Å²) >= 11 is 0. The molecule has 0 spiro atoms. The van der Waals surface area contributed by atoms with Crippen LogP contribution < -0.4 is 10.6 Å². The van der Waals surface area contributed by atoms with Crippen LogP contribution in [-0.4, -0.2) is 42.0 Å². The van der Waals surface area contributed by atoms with E-state index >= 15 is 0 Å². The highest BCUT2D eigenvalue weighted by Gasteiger charge is 2.26. The minimum absolute atomic E-state index is 0.0486. The Morgan fingerprint density at radius 2 is 2.00 bits per heavy atom. The molecule has 0 aromatic heterocycles. The second kappa shape index (κ2) is 6.07. The first-order chi connectivity index (χ1) is 8.70. The van der Waals surface area contributed by atoms with Gasteiger partial charge in [0, 0.05) is 18.6 Å². The van der Waals surface area contributed by atoms with E-state index in [1.54, 1.807) is 0 Å². The largest absolute Gasteiger partial charge is 0.338 e. The third kappa shape index (κ3) is 3.62. The molecule has 1 saturated heterocycles. The van der Waals surface area contributed by atoms with Crippen molar-refractivity contribution in [2.24, 2.45) is 0 Å². The van der Waals surface area contributed by atoms with Crippen LogP contribution in [-0.2, 0) is 4.79 Å². The predicted molar refractivity (Wildman–Crippen MR) is 69.2 cm³/mol. The first kappa shape index (κ1) is 13.2. The van der Waals surface area contributed by atoms with Gasteiger partial charge in [-0.15, -0.1) is 0 Å². The van der Waals surface area contributed by atoms with Gasteiger partial charge in [-0.1, -0.05) is 6.92 Å². The molecule has 1 aliphatic heterocycles. The van der Waals surface area contributed by atoms with Gasteiger partial charge in [0.05, 0.1) is 6.54 Å². The number of amides is 3. The maximum atomic E-state index is 12.1. The van der Waals surface area contributed by atoms with Gasteiger partial charge in [0.15, 0.2) is 0 Å². The van der Waals surface area contributed by atoms with Crippen LogP contribution in [0, 0.1) is 0 Å². The number of rotatable bonds is 4. The van der Waals surface area contributed by atoms with Gasteiger partial charge in [-0.25, -0.2) is 4.79 Å². The van der Waals surface area contributed by atoms with E-state index in [9.17, 15) is 9.59 Å². The summed E-state index contributed by atoms with van der Waals surface area (Å²) in [5, 5.41) is 5.47. The molecule has 18 heavy (non-hydrogen) atoms. The van der Waals surface area contributed by atoms with E-state index in [2.05, 4.69) is 17.6 Å². The Morgan fingerprint density at radius 1 is 1.22 bits per heavy atom. The number of nitrogens with one attached hydrogen (secondary N) is 2. The van der Waals surface area contributed by atoms with E-state index < -0.39 is 0 Å². The van der Waals surface area contributed by atoms with Crippen LogP contribution in [0.2, 0.25) is 0 Å². The van der Waals surface area contributed by atoms with Crippen molar-refractivity contribution < 1.29 is 9.59 Å². The molecule has 0 aromatic rings. The molecule has 2 aliphatic rings. The van der Waals surface area contributed by atoms with Gasteiger partial charge in [0.1, 0.15) is 0 Å². The lowest BCUT2D eigenvalue weighted by Crippen LogP contribution is -2.49. The number of hydrogen-bond donors (Lipinski definition) is 2. The minimum atomic E-state index is -0.212. The maximum Gasteiger partial charge on any atom is 0.315 e. The highest BCUT2D eigenvalue weighted by Crippen LogP contribution is 2.19. The second-order valence-electron chi connectivity index (χ2n) is 5.25. The SMILES string of the molecule is CCC1CCCCN1C(=O)CNC(=O)NC1CC1. The number of carbonyl (C=O) groups excluding carboxylic acids is 2. The molecule has 0 bridgehead atoms. The Labute approximate surface area is 108 Å². The Hall–Kier alpha value is -1.26. The number of carbonyl (C=O) groups is 2. The summed E-state index contributed by atoms with van der Waals surface area (Å²) < 4.78 is 0. The third-order valence-electron chi connectivity index (χ3n) is 3.73. The van der Waals surface area contributed by atoms with Crippen molar-refractivity contribution in [2.75, 3.05) is 13.1 Å². The van der Waals surface area contributed by atoms with Gasteiger partial charge in [-0.05, 0) is 38.5 Å². The van der Waals surface area contributed by atoms with E-state index in [0.717, 1.165) is 38.6 Å². The zero-order valence-electron chi connectivity index (χ0n) is 11.1. The summed E-state index contributed by atoms with van der Waals surface area (Å²) in [5.74, 6) is 0.0486. The predicted octanol–water partition coefficient (Wildman–Crippen LogP) is 1.24. The van der Waals surface area contributed by atoms with Gasteiger partial charge in [-0.2, -0.15) is 0 Å². The molecule has 0 radical (unpaired) electrons. The van der Waals surface area contributed by atoms with Crippen LogP contribution in [0.1, 0.15) is 45.4 Å². The molecule has 5 nitrogen and oxygen atoms in total. The Kier molecular flexibility index (Phi) is 4.44. The fourth-order valence-electron chi connectivity index (χ4n) is 2.47. The molecular weight excluding hydrogens is 230 g/mol. The van der Waals surface area contributed by atoms with Crippen molar-refractivity contribution in [1.29, 1.82) is 0 Å². The van der Waals surface area contributed by atoms with Gasteiger partial charge < -0.3 is 15.5 Å². The van der Waals surface area contributed by atoms with E-state index in [1.165, 1.54) is 6.42 Å². The molecule has 1 atom stereocenters. The van der Waals surface area contributed by atoms with E-state index in [-0.39, 0.29) is 18.5 Å². The molecule has 1 unspecified atom stereocenters. The lowest BCUT2D eigenvalue weighted by Gasteiger charge is -2.35. The summed E-state index contributed by atoms with van der Waals surface area (Å²) in [4.78, 5) is 25.4. The molecule has 2 fully saturated rings. The van der Waals surface area contributed by atoms with E-state index in [1.807, 2.05) is 4.90 Å². The molecule has 1 heterocycles. The zero-order chi connectivity index (χ0) is 13.0. The van der Waals surface area contributed by atoms with Crippen LogP contribution in [0.15, 0.2) is 0 Å². The number of nitrogens with zero attached hydrogens (tertiary/aromatic N) is 1. The zero-order valence-corrected chi connectivity index (χ0v) is 11.1. The van der Waals surface area contributed by atoms with E-state index in [4.69, 9.17) is 0 Å². The Morgan fingerprint density at radius 3 is 2.67 bits per heavy atom. The second-order valence-corrected chi connectivity index (χ2v) is 5.25. The van der Waals surface area contributed by atoms with Crippen molar-refractivity contribution in [1.82, 2.24) is 15.5 Å². The molecule has 3 amide bonds.